The van der Waals surface area contributed by atoms with Crippen molar-refractivity contribution in [1.82, 2.24) is 24.6 Å². The molecule has 1 unspecified atom stereocenters. The van der Waals surface area contributed by atoms with E-state index in [0.29, 0.717) is 18.9 Å². The van der Waals surface area contributed by atoms with Crippen molar-refractivity contribution < 1.29 is 14.7 Å². The molecule has 1 aliphatic rings. The molecule has 0 saturated carbocycles. The predicted molar refractivity (Wildman–Crippen MR) is 94.2 cm³/mol. The zero-order valence-corrected chi connectivity index (χ0v) is 15.5. The Kier molecular flexibility index (Phi) is 4.76. The molecule has 1 fully saturated rings. The third-order valence-electron chi connectivity index (χ3n) is 4.79. The summed E-state index contributed by atoms with van der Waals surface area (Å²) >= 11 is 0. The van der Waals surface area contributed by atoms with Gasteiger partial charge in [0.1, 0.15) is 6.04 Å². The number of amides is 1. The molecule has 8 nitrogen and oxygen atoms in total. The van der Waals surface area contributed by atoms with Crippen LogP contribution in [0.25, 0.3) is 5.95 Å². The van der Waals surface area contributed by atoms with Crippen LogP contribution >= 0.6 is 0 Å². The van der Waals surface area contributed by atoms with Gasteiger partial charge >= 0.3 is 5.97 Å². The normalized spacial score (nSPS) is 16.9. The Morgan fingerprint density at radius 1 is 1.19 bits per heavy atom. The fourth-order valence-electron chi connectivity index (χ4n) is 3.50. The molecule has 26 heavy (non-hydrogen) atoms. The Morgan fingerprint density at radius 3 is 2.46 bits per heavy atom. The quantitative estimate of drug-likeness (QED) is 0.890. The molecule has 0 bridgehead atoms. The van der Waals surface area contributed by atoms with Crippen molar-refractivity contribution in [3.05, 3.63) is 34.4 Å². The Morgan fingerprint density at radius 2 is 1.85 bits per heavy atom. The summed E-state index contributed by atoms with van der Waals surface area (Å²) in [6, 6.07) is 1.17. The van der Waals surface area contributed by atoms with Gasteiger partial charge in [-0.1, -0.05) is 0 Å². The summed E-state index contributed by atoms with van der Waals surface area (Å²) in [6.45, 7) is 8.00. The number of carboxylic acids is 1. The molecule has 1 saturated heterocycles. The average molecular weight is 357 g/mol. The maximum Gasteiger partial charge on any atom is 0.326 e. The number of aromatic nitrogens is 4. The maximum absolute atomic E-state index is 12.7. The smallest absolute Gasteiger partial charge is 0.326 e. The molecule has 2 aromatic rings. The zero-order valence-electron chi connectivity index (χ0n) is 15.5. The first-order valence-corrected chi connectivity index (χ1v) is 8.68. The Balaban J connectivity index is 1.89. The van der Waals surface area contributed by atoms with Crippen molar-refractivity contribution in [2.24, 2.45) is 0 Å². The van der Waals surface area contributed by atoms with Gasteiger partial charge in [0.05, 0.1) is 12.1 Å². The summed E-state index contributed by atoms with van der Waals surface area (Å²) in [5.74, 6) is -0.642. The number of aryl methyl sites for hydroxylation is 3. The van der Waals surface area contributed by atoms with Crippen LogP contribution in [0.5, 0.6) is 0 Å². The van der Waals surface area contributed by atoms with Crippen LogP contribution in [-0.2, 0) is 16.0 Å². The van der Waals surface area contributed by atoms with E-state index in [1.165, 1.54) is 4.90 Å². The monoisotopic (exact) mass is 357 g/mol. The number of hydrogen-bond acceptors (Lipinski definition) is 5. The summed E-state index contributed by atoms with van der Waals surface area (Å²) in [6.07, 6.45) is 1.36. The highest BCUT2D eigenvalue weighted by Crippen LogP contribution is 2.22. The molecule has 3 heterocycles. The summed E-state index contributed by atoms with van der Waals surface area (Å²) in [4.78, 5) is 34.3. The lowest BCUT2D eigenvalue weighted by molar-refractivity contribution is -0.148. The molecule has 2 aromatic heterocycles. The van der Waals surface area contributed by atoms with Crippen LogP contribution in [0.4, 0.5) is 0 Å². The standard InChI is InChI=1S/C18H23N5O3/c1-10-8-11(2)20-18(19-10)23-13(4)14(12(3)21-23)9-16(24)22-7-5-6-15(22)17(25)26/h8,15H,5-7,9H2,1-4H3,(H,25,26). The lowest BCUT2D eigenvalue weighted by atomic mass is 10.1. The molecule has 0 radical (unpaired) electrons. The van der Waals surface area contributed by atoms with Crippen LogP contribution < -0.4 is 0 Å². The number of aliphatic carboxylic acids is 1. The highest BCUT2D eigenvalue weighted by atomic mass is 16.4. The molecular formula is C18H23N5O3. The van der Waals surface area contributed by atoms with E-state index in [1.807, 2.05) is 33.8 Å². The molecule has 8 heteroatoms. The number of carbonyl (C=O) groups is 2. The Bertz CT molecular complexity index is 854. The van der Waals surface area contributed by atoms with Crippen molar-refractivity contribution in [1.29, 1.82) is 0 Å². The minimum atomic E-state index is -0.941. The SMILES string of the molecule is Cc1cc(C)nc(-n2nc(C)c(CC(=O)N3CCCC3C(=O)O)c2C)n1. The van der Waals surface area contributed by atoms with Crippen LogP contribution in [0, 0.1) is 27.7 Å². The predicted octanol–water partition coefficient (Wildman–Crippen LogP) is 1.51. The number of carboxylic acid groups (broad SMARTS) is 1. The number of nitrogens with zero attached hydrogens (tertiary/aromatic N) is 5. The van der Waals surface area contributed by atoms with Gasteiger partial charge in [0.25, 0.3) is 5.95 Å². The highest BCUT2D eigenvalue weighted by molar-refractivity contribution is 5.85. The zero-order chi connectivity index (χ0) is 19.0. The van der Waals surface area contributed by atoms with Crippen molar-refractivity contribution >= 4 is 11.9 Å². The number of likely N-dealkylation sites (tertiary alicyclic amines) is 1. The summed E-state index contributed by atoms with van der Waals surface area (Å²) in [7, 11) is 0. The van der Waals surface area contributed by atoms with Gasteiger partial charge in [-0.25, -0.2) is 19.4 Å². The van der Waals surface area contributed by atoms with Gasteiger partial charge in [-0.05, 0) is 46.6 Å². The minimum absolute atomic E-state index is 0.131. The van der Waals surface area contributed by atoms with E-state index < -0.39 is 12.0 Å². The van der Waals surface area contributed by atoms with Crippen molar-refractivity contribution in [2.75, 3.05) is 6.54 Å². The molecule has 3 rings (SSSR count). The van der Waals surface area contributed by atoms with E-state index in [2.05, 4.69) is 15.1 Å². The summed E-state index contributed by atoms with van der Waals surface area (Å²) in [5.41, 5.74) is 4.02. The topological polar surface area (TPSA) is 101 Å². The average Bonchev–Trinajstić information content (AvgIpc) is 3.14. The molecule has 138 valence electrons. The number of hydrogen-bond donors (Lipinski definition) is 1. The van der Waals surface area contributed by atoms with E-state index in [9.17, 15) is 14.7 Å². The summed E-state index contributed by atoms with van der Waals surface area (Å²) in [5, 5.41) is 13.8. The second-order valence-electron chi connectivity index (χ2n) is 6.77. The third kappa shape index (κ3) is 3.31. The Hall–Kier alpha value is -2.77. The van der Waals surface area contributed by atoms with Crippen LogP contribution in [0.1, 0.15) is 41.2 Å². The highest BCUT2D eigenvalue weighted by Gasteiger charge is 2.34. The first kappa shape index (κ1) is 18.0. The van der Waals surface area contributed by atoms with Crippen LogP contribution in [0.3, 0.4) is 0 Å². The molecule has 1 amide bonds. The van der Waals surface area contributed by atoms with Crippen molar-refractivity contribution in [2.45, 2.75) is 53.0 Å². The largest absolute Gasteiger partial charge is 0.480 e. The lowest BCUT2D eigenvalue weighted by Crippen LogP contribution is -2.41. The van der Waals surface area contributed by atoms with Crippen molar-refractivity contribution in [3.63, 3.8) is 0 Å². The van der Waals surface area contributed by atoms with E-state index in [4.69, 9.17) is 0 Å². The third-order valence-corrected chi connectivity index (χ3v) is 4.79. The maximum atomic E-state index is 12.7. The van der Waals surface area contributed by atoms with E-state index in [0.717, 1.165) is 34.8 Å². The van der Waals surface area contributed by atoms with Gasteiger partial charge in [-0.3, -0.25) is 4.79 Å². The molecule has 1 aliphatic heterocycles. The number of carbonyl (C=O) groups excluding carboxylic acids is 1. The van der Waals surface area contributed by atoms with Crippen molar-refractivity contribution in [3.8, 4) is 5.95 Å². The molecular weight excluding hydrogens is 334 g/mol. The van der Waals surface area contributed by atoms with Crippen LogP contribution in [0.15, 0.2) is 6.07 Å². The minimum Gasteiger partial charge on any atom is -0.480 e. The fourth-order valence-corrected chi connectivity index (χ4v) is 3.50. The molecule has 1 atom stereocenters. The van der Waals surface area contributed by atoms with E-state index in [1.54, 1.807) is 4.68 Å². The van der Waals surface area contributed by atoms with Gasteiger partial charge in [0, 0.05) is 29.2 Å². The lowest BCUT2D eigenvalue weighted by Gasteiger charge is -2.21. The van der Waals surface area contributed by atoms with Gasteiger partial charge in [0.2, 0.25) is 5.91 Å². The molecule has 0 aliphatic carbocycles. The van der Waals surface area contributed by atoms with Gasteiger partial charge in [0.15, 0.2) is 0 Å². The first-order chi connectivity index (χ1) is 12.3. The Labute approximate surface area is 151 Å². The van der Waals surface area contributed by atoms with Gasteiger partial charge in [-0.15, -0.1) is 0 Å². The van der Waals surface area contributed by atoms with Gasteiger partial charge in [-0.2, -0.15) is 5.10 Å². The molecule has 0 aromatic carbocycles. The second-order valence-corrected chi connectivity index (χ2v) is 6.77. The van der Waals surface area contributed by atoms with E-state index >= 15 is 0 Å². The summed E-state index contributed by atoms with van der Waals surface area (Å²) < 4.78 is 1.65. The van der Waals surface area contributed by atoms with Crippen LogP contribution in [0.2, 0.25) is 0 Å². The van der Waals surface area contributed by atoms with Gasteiger partial charge < -0.3 is 10.0 Å². The number of rotatable bonds is 4. The van der Waals surface area contributed by atoms with E-state index in [-0.39, 0.29) is 12.3 Å². The molecule has 0 spiro atoms. The van der Waals surface area contributed by atoms with Crippen LogP contribution in [-0.4, -0.2) is 54.2 Å². The fraction of sp³-hybridized carbons (Fsp3) is 0.500. The molecule has 1 N–H and O–H groups in total. The second kappa shape index (κ2) is 6.86. The first-order valence-electron chi connectivity index (χ1n) is 8.68.